The summed E-state index contributed by atoms with van der Waals surface area (Å²) in [6.45, 7) is 4.02. The van der Waals surface area contributed by atoms with Gasteiger partial charge in [0.25, 0.3) is 0 Å². The first-order chi connectivity index (χ1) is 8.60. The number of rotatable bonds is 7. The third kappa shape index (κ3) is 3.79. The van der Waals surface area contributed by atoms with Crippen LogP contribution in [-0.2, 0) is 0 Å². The number of hydrogen-bond donors (Lipinski definition) is 0. The Morgan fingerprint density at radius 3 is 2.56 bits per heavy atom. The van der Waals surface area contributed by atoms with Gasteiger partial charge in [-0.15, -0.1) is 0 Å². The number of unbranched alkanes of at least 4 members (excludes halogenated alkanes) is 2. The molecule has 0 radical (unpaired) electrons. The van der Waals surface area contributed by atoms with E-state index in [0.717, 1.165) is 31.4 Å². The number of carbonyl (C=O) groups excluding carboxylic acids is 1. The van der Waals surface area contributed by atoms with Crippen molar-refractivity contribution in [3.8, 4) is 5.75 Å². The number of Topliss-reactive ketones (excluding diaryl/α,β-unsaturated/α-hetero) is 1. The highest BCUT2D eigenvalue weighted by molar-refractivity contribution is 5.98. The highest BCUT2D eigenvalue weighted by Gasteiger charge is 2.17. The molecule has 0 bridgehead atoms. The van der Waals surface area contributed by atoms with Crippen LogP contribution in [-0.4, -0.2) is 12.4 Å². The van der Waals surface area contributed by atoms with E-state index in [1.165, 1.54) is 0 Å². The molecule has 1 rings (SSSR count). The maximum absolute atomic E-state index is 13.6. The predicted octanol–water partition coefficient (Wildman–Crippen LogP) is 4.13. The van der Waals surface area contributed by atoms with Crippen molar-refractivity contribution < 1.29 is 18.3 Å². The lowest BCUT2D eigenvalue weighted by Crippen LogP contribution is -2.07. The number of halogens is 2. The Labute approximate surface area is 106 Å². The summed E-state index contributed by atoms with van der Waals surface area (Å²) < 4.78 is 32.0. The van der Waals surface area contributed by atoms with E-state index in [1.54, 1.807) is 6.92 Å². The van der Waals surface area contributed by atoms with Crippen LogP contribution in [0.25, 0.3) is 0 Å². The standard InChI is InChI=1S/C14H18F2O2/c1-3-5-6-7-18-14-11(13(17)4-2)8-10(15)9-12(14)16/h8-9H,3-7H2,1-2H3. The minimum atomic E-state index is -0.816. The fourth-order valence-corrected chi connectivity index (χ4v) is 1.63. The zero-order valence-corrected chi connectivity index (χ0v) is 10.8. The summed E-state index contributed by atoms with van der Waals surface area (Å²) in [6, 6.07) is 1.77. The van der Waals surface area contributed by atoms with Gasteiger partial charge in [0.1, 0.15) is 5.82 Å². The van der Waals surface area contributed by atoms with E-state index in [1.807, 2.05) is 6.92 Å². The van der Waals surface area contributed by atoms with Crippen LogP contribution in [0.4, 0.5) is 8.78 Å². The molecule has 0 unspecified atom stereocenters. The SMILES string of the molecule is CCCCCOc1c(F)cc(F)cc1C(=O)CC. The van der Waals surface area contributed by atoms with Gasteiger partial charge in [0.05, 0.1) is 12.2 Å². The zero-order valence-electron chi connectivity index (χ0n) is 10.8. The molecule has 2 nitrogen and oxygen atoms in total. The third-order valence-corrected chi connectivity index (χ3v) is 2.62. The van der Waals surface area contributed by atoms with Crippen molar-refractivity contribution in [3.63, 3.8) is 0 Å². The lowest BCUT2D eigenvalue weighted by molar-refractivity contribution is 0.0982. The van der Waals surface area contributed by atoms with Crippen molar-refractivity contribution in [2.75, 3.05) is 6.61 Å². The molecule has 0 amide bonds. The Morgan fingerprint density at radius 2 is 1.94 bits per heavy atom. The fraction of sp³-hybridized carbons (Fsp3) is 0.500. The van der Waals surface area contributed by atoms with Crippen molar-refractivity contribution in [2.45, 2.75) is 39.5 Å². The number of ketones is 1. The molecule has 0 heterocycles. The van der Waals surface area contributed by atoms with Crippen LogP contribution >= 0.6 is 0 Å². The number of carbonyl (C=O) groups is 1. The smallest absolute Gasteiger partial charge is 0.168 e. The minimum absolute atomic E-state index is 0.00787. The molecule has 0 spiro atoms. The first-order valence-electron chi connectivity index (χ1n) is 6.25. The molecule has 0 atom stereocenters. The average Bonchev–Trinajstić information content (AvgIpc) is 2.35. The topological polar surface area (TPSA) is 26.3 Å². The molecule has 1 aromatic rings. The Kier molecular flexibility index (Phi) is 5.75. The number of benzene rings is 1. The first-order valence-corrected chi connectivity index (χ1v) is 6.25. The van der Waals surface area contributed by atoms with Gasteiger partial charge in [-0.3, -0.25) is 4.79 Å². The second-order valence-electron chi connectivity index (χ2n) is 4.10. The van der Waals surface area contributed by atoms with Gasteiger partial charge in [-0.2, -0.15) is 0 Å². The highest BCUT2D eigenvalue weighted by Crippen LogP contribution is 2.26. The van der Waals surface area contributed by atoms with Gasteiger partial charge in [-0.1, -0.05) is 26.7 Å². The average molecular weight is 256 g/mol. The number of hydrogen-bond acceptors (Lipinski definition) is 2. The van der Waals surface area contributed by atoms with Crippen molar-refractivity contribution in [1.82, 2.24) is 0 Å². The van der Waals surface area contributed by atoms with Gasteiger partial charge in [0.15, 0.2) is 17.3 Å². The van der Waals surface area contributed by atoms with E-state index < -0.39 is 11.6 Å². The van der Waals surface area contributed by atoms with E-state index in [4.69, 9.17) is 4.74 Å². The lowest BCUT2D eigenvalue weighted by Gasteiger charge is -2.11. The van der Waals surface area contributed by atoms with Crippen LogP contribution in [0.2, 0.25) is 0 Å². The van der Waals surface area contributed by atoms with E-state index in [2.05, 4.69) is 0 Å². The molecule has 0 saturated carbocycles. The molecule has 0 saturated heterocycles. The van der Waals surface area contributed by atoms with Crippen LogP contribution in [0.5, 0.6) is 5.75 Å². The maximum atomic E-state index is 13.6. The molecule has 0 aromatic heterocycles. The third-order valence-electron chi connectivity index (χ3n) is 2.62. The lowest BCUT2D eigenvalue weighted by atomic mass is 10.1. The normalized spacial score (nSPS) is 10.4. The predicted molar refractivity (Wildman–Crippen MR) is 66.0 cm³/mol. The van der Waals surface area contributed by atoms with Gasteiger partial charge in [0.2, 0.25) is 0 Å². The summed E-state index contributed by atoms with van der Waals surface area (Å²) in [5, 5.41) is 0. The maximum Gasteiger partial charge on any atom is 0.168 e. The first kappa shape index (κ1) is 14.6. The van der Waals surface area contributed by atoms with Gasteiger partial charge in [-0.05, 0) is 12.5 Å². The van der Waals surface area contributed by atoms with E-state index in [0.29, 0.717) is 6.61 Å². The summed E-state index contributed by atoms with van der Waals surface area (Å²) in [4.78, 5) is 11.6. The van der Waals surface area contributed by atoms with Crippen molar-refractivity contribution in [1.29, 1.82) is 0 Å². The van der Waals surface area contributed by atoms with Crippen LogP contribution < -0.4 is 4.74 Å². The molecule has 1 aromatic carbocycles. The summed E-state index contributed by atoms with van der Waals surface area (Å²) in [5.74, 6) is -2.02. The van der Waals surface area contributed by atoms with Gasteiger partial charge in [-0.25, -0.2) is 8.78 Å². The molecule has 0 aliphatic heterocycles. The van der Waals surface area contributed by atoms with E-state index in [9.17, 15) is 13.6 Å². The molecular weight excluding hydrogens is 238 g/mol. The summed E-state index contributed by atoms with van der Waals surface area (Å²) in [7, 11) is 0. The molecule has 0 aliphatic carbocycles. The van der Waals surface area contributed by atoms with Crippen molar-refractivity contribution in [2.24, 2.45) is 0 Å². The second kappa shape index (κ2) is 7.09. The zero-order chi connectivity index (χ0) is 13.5. The fourth-order valence-electron chi connectivity index (χ4n) is 1.63. The second-order valence-corrected chi connectivity index (χ2v) is 4.10. The Morgan fingerprint density at radius 1 is 1.22 bits per heavy atom. The molecule has 0 aliphatic rings. The summed E-state index contributed by atoms with van der Waals surface area (Å²) in [6.07, 6.45) is 2.97. The molecule has 18 heavy (non-hydrogen) atoms. The quantitative estimate of drug-likeness (QED) is 0.541. The Hall–Kier alpha value is -1.45. The van der Waals surface area contributed by atoms with Gasteiger partial charge in [0, 0.05) is 12.5 Å². The molecule has 100 valence electrons. The molecule has 4 heteroatoms. The molecular formula is C14H18F2O2. The van der Waals surface area contributed by atoms with E-state index in [-0.39, 0.29) is 23.5 Å². The molecule has 0 N–H and O–H groups in total. The van der Waals surface area contributed by atoms with Crippen LogP contribution in [0, 0.1) is 11.6 Å². The van der Waals surface area contributed by atoms with Crippen molar-refractivity contribution >= 4 is 5.78 Å². The van der Waals surface area contributed by atoms with E-state index >= 15 is 0 Å². The Bertz CT molecular complexity index is 417. The van der Waals surface area contributed by atoms with Gasteiger partial charge >= 0.3 is 0 Å². The van der Waals surface area contributed by atoms with Crippen LogP contribution in [0.3, 0.4) is 0 Å². The van der Waals surface area contributed by atoms with Crippen molar-refractivity contribution in [3.05, 3.63) is 29.3 Å². The van der Waals surface area contributed by atoms with Crippen LogP contribution in [0.15, 0.2) is 12.1 Å². The number of ether oxygens (including phenoxy) is 1. The monoisotopic (exact) mass is 256 g/mol. The summed E-state index contributed by atoms with van der Waals surface area (Å²) in [5.41, 5.74) is -0.00787. The minimum Gasteiger partial charge on any atom is -0.490 e. The molecule has 0 fully saturated rings. The largest absolute Gasteiger partial charge is 0.490 e. The summed E-state index contributed by atoms with van der Waals surface area (Å²) >= 11 is 0. The highest BCUT2D eigenvalue weighted by atomic mass is 19.1. The van der Waals surface area contributed by atoms with Gasteiger partial charge < -0.3 is 4.74 Å². The Balaban J connectivity index is 2.90. The van der Waals surface area contributed by atoms with Crippen LogP contribution in [0.1, 0.15) is 49.9 Å².